The molecule has 1 aliphatic rings. The number of hydrogen-bond acceptors (Lipinski definition) is 5. The molecule has 146 valence electrons. The number of nitrogens with one attached hydrogen (secondary N) is 2. The van der Waals surface area contributed by atoms with Gasteiger partial charge in [-0.1, -0.05) is 26.1 Å². The van der Waals surface area contributed by atoms with E-state index in [9.17, 15) is 0 Å². The molecular weight excluding hydrogens is 358 g/mol. The molecule has 4 rings (SSSR count). The van der Waals surface area contributed by atoms with Gasteiger partial charge in [0.2, 0.25) is 0 Å². The van der Waals surface area contributed by atoms with Gasteiger partial charge in [-0.15, -0.1) is 0 Å². The van der Waals surface area contributed by atoms with Gasteiger partial charge < -0.3 is 10.6 Å². The van der Waals surface area contributed by atoms with Gasteiger partial charge in [-0.2, -0.15) is 0 Å². The molecule has 5 nitrogen and oxygen atoms in total. The van der Waals surface area contributed by atoms with E-state index < -0.39 is 0 Å². The number of allylic oxidation sites excluding steroid dienone is 1. The lowest BCUT2D eigenvalue weighted by Crippen LogP contribution is -2.04. The standard InChI is InChI=1S/C24H25N5/c1-4-21-8-7-20(14-27-21)22-10-11-25-15-23(22)28-17(3)19-9-12-26-24(13-19)29-16(2)18-5-6-18/h7-15,18,28H,2-6H2,1H3,(H,26,29). The molecule has 0 bridgehead atoms. The van der Waals surface area contributed by atoms with Crippen molar-refractivity contribution >= 4 is 17.2 Å². The topological polar surface area (TPSA) is 62.7 Å². The second-order valence-corrected chi connectivity index (χ2v) is 7.27. The highest BCUT2D eigenvalue weighted by Gasteiger charge is 2.24. The molecule has 3 aromatic rings. The summed E-state index contributed by atoms with van der Waals surface area (Å²) in [6.45, 7) is 10.4. The summed E-state index contributed by atoms with van der Waals surface area (Å²) in [4.78, 5) is 13.2. The highest BCUT2D eigenvalue weighted by molar-refractivity contribution is 5.85. The molecule has 0 aromatic carbocycles. The summed E-state index contributed by atoms with van der Waals surface area (Å²) in [5.41, 5.74) is 6.80. The quantitative estimate of drug-likeness (QED) is 0.536. The van der Waals surface area contributed by atoms with Crippen molar-refractivity contribution in [1.29, 1.82) is 0 Å². The maximum absolute atomic E-state index is 4.51. The van der Waals surface area contributed by atoms with Crippen LogP contribution in [0.25, 0.3) is 16.8 Å². The van der Waals surface area contributed by atoms with Crippen molar-refractivity contribution in [3.05, 3.63) is 85.2 Å². The second-order valence-electron chi connectivity index (χ2n) is 7.27. The zero-order valence-electron chi connectivity index (χ0n) is 16.7. The van der Waals surface area contributed by atoms with Crippen molar-refractivity contribution < 1.29 is 0 Å². The van der Waals surface area contributed by atoms with Crippen LogP contribution in [0.15, 0.2) is 74.0 Å². The molecular formula is C24H25N5. The molecule has 29 heavy (non-hydrogen) atoms. The number of anilines is 2. The molecule has 0 amide bonds. The van der Waals surface area contributed by atoms with Crippen molar-refractivity contribution in [2.45, 2.75) is 26.2 Å². The molecule has 5 heteroatoms. The van der Waals surface area contributed by atoms with Gasteiger partial charge >= 0.3 is 0 Å². The Labute approximate surface area is 171 Å². The van der Waals surface area contributed by atoms with Crippen LogP contribution in [0.5, 0.6) is 0 Å². The SMILES string of the molecule is C=C(Nc1cnccc1-c1ccc(CC)nc1)c1ccnc(NC(=C)C2CC2)c1. The molecule has 0 unspecified atom stereocenters. The molecule has 3 heterocycles. The van der Waals surface area contributed by atoms with Gasteiger partial charge in [0.15, 0.2) is 0 Å². The van der Waals surface area contributed by atoms with Crippen molar-refractivity contribution in [3.63, 3.8) is 0 Å². The van der Waals surface area contributed by atoms with E-state index in [-0.39, 0.29) is 0 Å². The third-order valence-electron chi connectivity index (χ3n) is 5.07. The van der Waals surface area contributed by atoms with Crippen LogP contribution in [-0.4, -0.2) is 15.0 Å². The first-order valence-corrected chi connectivity index (χ1v) is 9.91. The zero-order valence-corrected chi connectivity index (χ0v) is 16.7. The molecule has 2 N–H and O–H groups in total. The van der Waals surface area contributed by atoms with Crippen molar-refractivity contribution in [2.24, 2.45) is 5.92 Å². The molecule has 0 saturated heterocycles. The number of nitrogens with zero attached hydrogens (tertiary/aromatic N) is 3. The monoisotopic (exact) mass is 383 g/mol. The van der Waals surface area contributed by atoms with Crippen molar-refractivity contribution in [3.8, 4) is 11.1 Å². The minimum atomic E-state index is 0.576. The van der Waals surface area contributed by atoms with Crippen molar-refractivity contribution in [2.75, 3.05) is 10.6 Å². The van der Waals surface area contributed by atoms with Crippen LogP contribution in [0.1, 0.15) is 31.0 Å². The fraction of sp³-hybridized carbons (Fsp3) is 0.208. The van der Waals surface area contributed by atoms with E-state index >= 15 is 0 Å². The Morgan fingerprint density at radius 3 is 2.62 bits per heavy atom. The number of aromatic nitrogens is 3. The predicted molar refractivity (Wildman–Crippen MR) is 119 cm³/mol. The summed E-state index contributed by atoms with van der Waals surface area (Å²) >= 11 is 0. The first kappa shape index (κ1) is 18.9. The highest BCUT2D eigenvalue weighted by Crippen LogP contribution is 2.36. The maximum Gasteiger partial charge on any atom is 0.130 e. The van der Waals surface area contributed by atoms with Gasteiger partial charge in [-0.25, -0.2) is 4.98 Å². The summed E-state index contributed by atoms with van der Waals surface area (Å²) in [6, 6.07) is 10.1. The predicted octanol–water partition coefficient (Wildman–Crippen LogP) is 5.52. The fourth-order valence-electron chi connectivity index (χ4n) is 3.16. The molecule has 3 aromatic heterocycles. The summed E-state index contributed by atoms with van der Waals surface area (Å²) in [7, 11) is 0. The minimum Gasteiger partial charge on any atom is -0.354 e. The Balaban J connectivity index is 1.53. The highest BCUT2D eigenvalue weighted by atomic mass is 15.0. The van der Waals surface area contributed by atoms with Gasteiger partial charge in [-0.3, -0.25) is 9.97 Å². The van der Waals surface area contributed by atoms with E-state index in [4.69, 9.17) is 0 Å². The number of rotatable bonds is 8. The first-order valence-electron chi connectivity index (χ1n) is 9.91. The Kier molecular flexibility index (Phi) is 5.38. The third kappa shape index (κ3) is 4.51. The lowest BCUT2D eigenvalue weighted by molar-refractivity contribution is 1.01. The normalized spacial score (nSPS) is 13.0. The van der Waals surface area contributed by atoms with E-state index in [1.807, 2.05) is 30.6 Å². The fourth-order valence-corrected chi connectivity index (χ4v) is 3.16. The van der Waals surface area contributed by atoms with E-state index in [1.165, 1.54) is 12.8 Å². The molecule has 0 radical (unpaired) electrons. The Morgan fingerprint density at radius 2 is 1.90 bits per heavy atom. The smallest absolute Gasteiger partial charge is 0.130 e. The average Bonchev–Trinajstić information content (AvgIpc) is 3.60. The summed E-state index contributed by atoms with van der Waals surface area (Å²) < 4.78 is 0. The molecule has 1 saturated carbocycles. The van der Waals surface area contributed by atoms with Gasteiger partial charge in [-0.05, 0) is 49.4 Å². The Morgan fingerprint density at radius 1 is 1.03 bits per heavy atom. The summed E-state index contributed by atoms with van der Waals surface area (Å²) in [5, 5.41) is 6.72. The largest absolute Gasteiger partial charge is 0.354 e. The van der Waals surface area contributed by atoms with E-state index in [0.717, 1.165) is 51.7 Å². The van der Waals surface area contributed by atoms with Crippen LogP contribution >= 0.6 is 0 Å². The van der Waals surface area contributed by atoms with Crippen LogP contribution in [0.2, 0.25) is 0 Å². The maximum atomic E-state index is 4.51. The van der Waals surface area contributed by atoms with Crippen LogP contribution in [0, 0.1) is 5.92 Å². The lowest BCUT2D eigenvalue weighted by Gasteiger charge is -2.15. The van der Waals surface area contributed by atoms with E-state index in [1.54, 1.807) is 12.4 Å². The Hall–Kier alpha value is -3.47. The first-order chi connectivity index (χ1) is 14.1. The number of hydrogen-bond donors (Lipinski definition) is 2. The Bertz CT molecular complexity index is 1040. The molecule has 1 fully saturated rings. The summed E-state index contributed by atoms with van der Waals surface area (Å²) in [6.07, 6.45) is 10.6. The van der Waals surface area contributed by atoms with Crippen LogP contribution in [0.4, 0.5) is 11.5 Å². The lowest BCUT2D eigenvalue weighted by atomic mass is 10.1. The minimum absolute atomic E-state index is 0.576. The number of pyridine rings is 3. The second kappa shape index (κ2) is 8.27. The molecule has 0 aliphatic heterocycles. The van der Waals surface area contributed by atoms with Gasteiger partial charge in [0.1, 0.15) is 5.82 Å². The van der Waals surface area contributed by atoms with Crippen molar-refractivity contribution in [1.82, 2.24) is 15.0 Å². The van der Waals surface area contributed by atoms with Gasteiger partial charge in [0.05, 0.1) is 11.9 Å². The van der Waals surface area contributed by atoms with Crippen LogP contribution < -0.4 is 10.6 Å². The van der Waals surface area contributed by atoms with E-state index in [0.29, 0.717) is 5.92 Å². The third-order valence-corrected chi connectivity index (χ3v) is 5.07. The van der Waals surface area contributed by atoms with Crippen LogP contribution in [0.3, 0.4) is 0 Å². The van der Waals surface area contributed by atoms with Gasteiger partial charge in [0, 0.05) is 52.4 Å². The summed E-state index contributed by atoms with van der Waals surface area (Å²) in [5.74, 6) is 1.36. The molecule has 0 atom stereocenters. The number of aryl methyl sites for hydroxylation is 1. The average molecular weight is 383 g/mol. The van der Waals surface area contributed by atoms with Crippen LogP contribution in [-0.2, 0) is 6.42 Å². The van der Waals surface area contributed by atoms with Gasteiger partial charge in [0.25, 0.3) is 0 Å². The zero-order chi connectivity index (χ0) is 20.2. The molecule has 1 aliphatic carbocycles. The van der Waals surface area contributed by atoms with E-state index in [2.05, 4.69) is 57.8 Å². The molecule has 0 spiro atoms.